The van der Waals surface area contributed by atoms with Crippen molar-refractivity contribution in [3.63, 3.8) is 0 Å². The van der Waals surface area contributed by atoms with Crippen LogP contribution in [0.1, 0.15) is 32.3 Å². The minimum Gasteiger partial charge on any atom is -0.492 e. The molecule has 190 valence electrons. The Kier molecular flexibility index (Phi) is 8.83. The summed E-state index contributed by atoms with van der Waals surface area (Å²) in [5.74, 6) is 0.195. The number of carbonyl (C=O) groups is 1. The zero-order valence-electron chi connectivity index (χ0n) is 20.8. The number of rotatable bonds is 8. The molecule has 0 saturated heterocycles. The van der Waals surface area contributed by atoms with E-state index in [0.717, 1.165) is 18.7 Å². The average molecular weight is 518 g/mol. The second-order valence-electron chi connectivity index (χ2n) is 8.44. The van der Waals surface area contributed by atoms with E-state index in [0.29, 0.717) is 58.9 Å². The van der Waals surface area contributed by atoms with Crippen LogP contribution in [0.3, 0.4) is 0 Å². The Balaban J connectivity index is 1.66. The van der Waals surface area contributed by atoms with Crippen molar-refractivity contribution in [3.8, 4) is 11.8 Å². The molecule has 2 aromatic rings. The van der Waals surface area contributed by atoms with Gasteiger partial charge in [0.25, 0.3) is 0 Å². The van der Waals surface area contributed by atoms with Crippen LogP contribution in [0.15, 0.2) is 64.8 Å². The SMILES string of the molecule is CC=CC(=O)Nc1cc2c(N=C3C=CC(OCC4=NCCC=C4)C(Cl)C3)c(C#N)cnc2cc1OCC. The molecule has 37 heavy (non-hydrogen) atoms. The van der Waals surface area contributed by atoms with Crippen LogP contribution in [0.2, 0.25) is 0 Å². The van der Waals surface area contributed by atoms with Gasteiger partial charge in [-0.2, -0.15) is 5.26 Å². The van der Waals surface area contributed by atoms with Gasteiger partial charge in [0.05, 0.1) is 52.9 Å². The van der Waals surface area contributed by atoms with E-state index in [1.54, 1.807) is 25.1 Å². The number of alkyl halides is 1. The number of nitrogens with one attached hydrogen (secondary N) is 1. The molecular formula is C28H28ClN5O3. The van der Waals surface area contributed by atoms with Crippen LogP contribution in [0.4, 0.5) is 11.4 Å². The van der Waals surface area contributed by atoms with Crippen molar-refractivity contribution < 1.29 is 14.3 Å². The van der Waals surface area contributed by atoms with E-state index in [1.165, 1.54) is 12.3 Å². The van der Waals surface area contributed by atoms with E-state index in [-0.39, 0.29) is 17.4 Å². The molecule has 0 saturated carbocycles. The van der Waals surface area contributed by atoms with Crippen molar-refractivity contribution >= 4 is 51.2 Å². The van der Waals surface area contributed by atoms with Crippen molar-refractivity contribution in [3.05, 3.63) is 60.3 Å². The van der Waals surface area contributed by atoms with Gasteiger partial charge >= 0.3 is 0 Å². The molecule has 2 heterocycles. The lowest BCUT2D eigenvalue weighted by molar-refractivity contribution is -0.111. The quantitative estimate of drug-likeness (QED) is 0.370. The van der Waals surface area contributed by atoms with Crippen molar-refractivity contribution in [2.45, 2.75) is 38.2 Å². The minimum absolute atomic E-state index is 0.273. The number of nitriles is 1. The van der Waals surface area contributed by atoms with Crippen LogP contribution >= 0.6 is 11.6 Å². The summed E-state index contributed by atoms with van der Waals surface area (Å²) in [5, 5.41) is 12.9. The second kappa shape index (κ2) is 12.4. The summed E-state index contributed by atoms with van der Waals surface area (Å²) in [5.41, 5.74) is 3.46. The van der Waals surface area contributed by atoms with Gasteiger partial charge in [0.2, 0.25) is 5.91 Å². The molecule has 0 fully saturated rings. The summed E-state index contributed by atoms with van der Waals surface area (Å²) in [6.45, 7) is 5.22. The number of nitrogens with zero attached hydrogens (tertiary/aromatic N) is 4. The third-order valence-corrected chi connectivity index (χ3v) is 6.18. The lowest BCUT2D eigenvalue weighted by atomic mass is 10.0. The largest absolute Gasteiger partial charge is 0.492 e. The molecular weight excluding hydrogens is 490 g/mol. The van der Waals surface area contributed by atoms with Gasteiger partial charge in [-0.1, -0.05) is 18.2 Å². The smallest absolute Gasteiger partial charge is 0.248 e. The number of hydrogen-bond acceptors (Lipinski definition) is 7. The van der Waals surface area contributed by atoms with E-state index < -0.39 is 0 Å². The van der Waals surface area contributed by atoms with Crippen LogP contribution in [0, 0.1) is 11.3 Å². The first-order valence-electron chi connectivity index (χ1n) is 12.2. The second-order valence-corrected chi connectivity index (χ2v) is 9.00. The third kappa shape index (κ3) is 6.50. The van der Waals surface area contributed by atoms with Gasteiger partial charge in [-0.15, -0.1) is 11.6 Å². The molecule has 0 radical (unpaired) electrons. The summed E-state index contributed by atoms with van der Waals surface area (Å²) in [6.07, 6.45) is 13.5. The number of fused-ring (bicyclic) bond motifs is 1. The van der Waals surface area contributed by atoms with Gasteiger partial charge in [0.15, 0.2) is 0 Å². The predicted octanol–water partition coefficient (Wildman–Crippen LogP) is 5.45. The summed E-state index contributed by atoms with van der Waals surface area (Å²) in [4.78, 5) is 25.9. The maximum absolute atomic E-state index is 12.3. The molecule has 1 amide bonds. The molecule has 2 atom stereocenters. The number of hydrogen-bond donors (Lipinski definition) is 1. The number of pyridine rings is 1. The van der Waals surface area contributed by atoms with E-state index in [9.17, 15) is 10.1 Å². The van der Waals surface area contributed by atoms with Crippen LogP contribution < -0.4 is 10.1 Å². The van der Waals surface area contributed by atoms with Crippen molar-refractivity contribution in [1.82, 2.24) is 4.98 Å². The van der Waals surface area contributed by atoms with Gasteiger partial charge in [-0.3, -0.25) is 19.8 Å². The highest BCUT2D eigenvalue weighted by Gasteiger charge is 2.24. The van der Waals surface area contributed by atoms with Crippen molar-refractivity contribution in [1.29, 1.82) is 5.26 Å². The Morgan fingerprint density at radius 1 is 1.38 bits per heavy atom. The highest BCUT2D eigenvalue weighted by atomic mass is 35.5. The average Bonchev–Trinajstić information content (AvgIpc) is 2.90. The molecule has 2 aliphatic rings. The Bertz CT molecular complexity index is 1370. The van der Waals surface area contributed by atoms with Gasteiger partial charge in [0.1, 0.15) is 11.8 Å². The van der Waals surface area contributed by atoms with Gasteiger partial charge in [-0.05, 0) is 44.6 Å². The lowest BCUT2D eigenvalue weighted by Crippen LogP contribution is -2.30. The maximum atomic E-state index is 12.3. The first-order valence-corrected chi connectivity index (χ1v) is 12.6. The Labute approximate surface area is 221 Å². The van der Waals surface area contributed by atoms with Crippen LogP contribution in [0.5, 0.6) is 5.75 Å². The standard InChI is InChI=1S/C28H28ClN5O3/c1-3-7-27(35)34-24-13-21-23(14-26(24)36-4-2)32-16-18(15-30)28(21)33-19-9-10-25(22(29)12-19)37-17-20-8-5-6-11-31-20/h3,5,7-10,13-14,16,22,25H,4,6,11-12,17H2,1-2H3,(H,34,35). The number of benzene rings is 1. The summed E-state index contributed by atoms with van der Waals surface area (Å²) in [7, 11) is 0. The highest BCUT2D eigenvalue weighted by molar-refractivity contribution is 6.23. The Morgan fingerprint density at radius 2 is 2.24 bits per heavy atom. The van der Waals surface area contributed by atoms with E-state index in [1.807, 2.05) is 25.2 Å². The number of aromatic nitrogens is 1. The van der Waals surface area contributed by atoms with Crippen LogP contribution in [-0.4, -0.2) is 53.6 Å². The fourth-order valence-electron chi connectivity index (χ4n) is 4.03. The van der Waals surface area contributed by atoms with Crippen molar-refractivity contribution in [2.75, 3.05) is 25.1 Å². The van der Waals surface area contributed by atoms with Crippen LogP contribution in [-0.2, 0) is 9.53 Å². The number of amides is 1. The number of allylic oxidation sites excluding steroid dienone is 2. The molecule has 9 heteroatoms. The molecule has 1 aliphatic carbocycles. The Hall–Kier alpha value is -3.80. The predicted molar refractivity (Wildman–Crippen MR) is 147 cm³/mol. The van der Waals surface area contributed by atoms with Crippen molar-refractivity contribution in [2.24, 2.45) is 9.98 Å². The van der Waals surface area contributed by atoms with E-state index in [2.05, 4.69) is 27.4 Å². The van der Waals surface area contributed by atoms with Gasteiger partial charge < -0.3 is 14.8 Å². The van der Waals surface area contributed by atoms with Gasteiger partial charge in [0, 0.05) is 36.3 Å². The summed E-state index contributed by atoms with van der Waals surface area (Å²) in [6, 6.07) is 5.65. The number of halogens is 1. The Morgan fingerprint density at radius 3 is 2.95 bits per heavy atom. The molecule has 4 rings (SSSR count). The maximum Gasteiger partial charge on any atom is 0.248 e. The number of dihydropyridines is 1. The molecule has 1 N–H and O–H groups in total. The summed E-state index contributed by atoms with van der Waals surface area (Å²) >= 11 is 6.66. The monoisotopic (exact) mass is 517 g/mol. The number of anilines is 1. The molecule has 0 spiro atoms. The molecule has 1 aromatic carbocycles. The van der Waals surface area contributed by atoms with E-state index >= 15 is 0 Å². The minimum atomic E-state index is -0.323. The molecule has 1 aliphatic heterocycles. The summed E-state index contributed by atoms with van der Waals surface area (Å²) < 4.78 is 11.7. The lowest BCUT2D eigenvalue weighted by Gasteiger charge is -2.24. The fourth-order valence-corrected chi connectivity index (χ4v) is 4.35. The molecule has 0 bridgehead atoms. The number of carbonyl (C=O) groups excluding carboxylic acids is 1. The first-order chi connectivity index (χ1) is 18.0. The normalized spacial score (nSPS) is 20.3. The van der Waals surface area contributed by atoms with Crippen LogP contribution in [0.25, 0.3) is 10.9 Å². The number of aliphatic imine (C=N–C) groups is 2. The zero-order valence-corrected chi connectivity index (χ0v) is 21.5. The highest BCUT2D eigenvalue weighted by Crippen LogP contribution is 2.37. The fraction of sp³-hybridized carbons (Fsp3) is 0.321. The molecule has 8 nitrogen and oxygen atoms in total. The topological polar surface area (TPSA) is 109 Å². The third-order valence-electron chi connectivity index (χ3n) is 5.78. The van der Waals surface area contributed by atoms with E-state index in [4.69, 9.17) is 26.1 Å². The molecule has 1 aromatic heterocycles. The first kappa shape index (κ1) is 26.3. The zero-order chi connectivity index (χ0) is 26.2. The number of ether oxygens (including phenoxy) is 2. The van der Waals surface area contributed by atoms with Gasteiger partial charge in [-0.25, -0.2) is 0 Å². The molecule has 2 unspecified atom stereocenters.